The first-order chi connectivity index (χ1) is 7.75. The van der Waals surface area contributed by atoms with Gasteiger partial charge in [-0.25, -0.2) is 0 Å². The lowest BCUT2D eigenvalue weighted by Gasteiger charge is -2.31. The molecule has 1 atom stereocenters. The van der Waals surface area contributed by atoms with Crippen LogP contribution in [0.1, 0.15) is 12.8 Å². The van der Waals surface area contributed by atoms with Crippen LogP contribution in [0, 0.1) is 5.92 Å². The molecule has 0 aromatic carbocycles. The standard InChI is InChI=1S/C11H12N2O2S/c14-9-5-13(8-3-4-16-6-8)11(15)10(12-9)7-1-2-7/h3-4,6-7,10H,1-2,5H2,(H,12,14). The summed E-state index contributed by atoms with van der Waals surface area (Å²) in [6, 6.07) is 1.59. The molecule has 1 aromatic rings. The van der Waals surface area contributed by atoms with Crippen LogP contribution < -0.4 is 10.2 Å². The van der Waals surface area contributed by atoms with Gasteiger partial charge in [-0.1, -0.05) is 0 Å². The summed E-state index contributed by atoms with van der Waals surface area (Å²) < 4.78 is 0. The predicted octanol–water partition coefficient (Wildman–Crippen LogP) is 0.990. The molecule has 0 bridgehead atoms. The maximum atomic E-state index is 12.2. The summed E-state index contributed by atoms with van der Waals surface area (Å²) in [6.45, 7) is 0.152. The number of carbonyl (C=O) groups excluding carboxylic acids is 2. The predicted molar refractivity (Wildman–Crippen MR) is 61.3 cm³/mol. The van der Waals surface area contributed by atoms with Crippen molar-refractivity contribution in [1.82, 2.24) is 5.32 Å². The van der Waals surface area contributed by atoms with Gasteiger partial charge in [0.15, 0.2) is 0 Å². The summed E-state index contributed by atoms with van der Waals surface area (Å²) in [6.07, 6.45) is 2.10. The number of rotatable bonds is 2. The van der Waals surface area contributed by atoms with E-state index >= 15 is 0 Å². The highest BCUT2D eigenvalue weighted by atomic mass is 32.1. The molecule has 1 aliphatic heterocycles. The van der Waals surface area contributed by atoms with Crippen LogP contribution in [0.3, 0.4) is 0 Å². The third kappa shape index (κ3) is 1.61. The van der Waals surface area contributed by atoms with Gasteiger partial charge in [-0.3, -0.25) is 9.59 Å². The third-order valence-corrected chi connectivity index (χ3v) is 3.73. The van der Waals surface area contributed by atoms with Crippen molar-refractivity contribution in [3.05, 3.63) is 16.8 Å². The second-order valence-corrected chi connectivity index (χ2v) is 5.07. The molecule has 1 saturated heterocycles. The maximum Gasteiger partial charge on any atom is 0.250 e. The van der Waals surface area contributed by atoms with Crippen LogP contribution in [0.25, 0.3) is 0 Å². The van der Waals surface area contributed by atoms with E-state index in [2.05, 4.69) is 5.32 Å². The molecule has 5 heteroatoms. The summed E-state index contributed by atoms with van der Waals surface area (Å²) >= 11 is 1.54. The first-order valence-corrected chi connectivity index (χ1v) is 6.33. The van der Waals surface area contributed by atoms with Crippen LogP contribution in [0.4, 0.5) is 5.69 Å². The molecular formula is C11H12N2O2S. The molecule has 84 valence electrons. The first kappa shape index (κ1) is 9.84. The Labute approximate surface area is 97.2 Å². The van der Waals surface area contributed by atoms with Crippen LogP contribution >= 0.6 is 11.3 Å². The fourth-order valence-corrected chi connectivity index (χ4v) is 2.69. The molecule has 4 nitrogen and oxygen atoms in total. The first-order valence-electron chi connectivity index (χ1n) is 5.38. The van der Waals surface area contributed by atoms with Crippen molar-refractivity contribution < 1.29 is 9.59 Å². The minimum absolute atomic E-state index is 0.0421. The number of nitrogens with one attached hydrogen (secondary N) is 1. The normalized spacial score (nSPS) is 25.8. The summed E-state index contributed by atoms with van der Waals surface area (Å²) in [4.78, 5) is 25.3. The minimum atomic E-state index is -0.291. The molecule has 1 unspecified atom stereocenters. The Morgan fingerprint density at radius 1 is 1.38 bits per heavy atom. The average molecular weight is 236 g/mol. The molecule has 1 aromatic heterocycles. The van der Waals surface area contributed by atoms with Crippen LogP contribution in [0.2, 0.25) is 0 Å². The SMILES string of the molecule is O=C1CN(c2ccsc2)C(=O)C(C2CC2)N1. The number of piperazine rings is 1. The van der Waals surface area contributed by atoms with E-state index in [9.17, 15) is 9.59 Å². The Hall–Kier alpha value is -1.36. The van der Waals surface area contributed by atoms with Gasteiger partial charge >= 0.3 is 0 Å². The van der Waals surface area contributed by atoms with Gasteiger partial charge in [0.05, 0.1) is 5.69 Å². The molecule has 2 heterocycles. The maximum absolute atomic E-state index is 12.2. The Balaban J connectivity index is 1.87. The van der Waals surface area contributed by atoms with Gasteiger partial charge < -0.3 is 10.2 Å². The quantitative estimate of drug-likeness (QED) is 0.832. The topological polar surface area (TPSA) is 49.4 Å². The molecular weight excluding hydrogens is 224 g/mol. The molecule has 1 saturated carbocycles. The summed E-state index contributed by atoms with van der Waals surface area (Å²) in [5.74, 6) is 0.348. The number of thiophene rings is 1. The van der Waals surface area contributed by atoms with E-state index in [0.29, 0.717) is 5.92 Å². The molecule has 1 N–H and O–H groups in total. The van der Waals surface area contributed by atoms with Crippen LogP contribution in [0.5, 0.6) is 0 Å². The fraction of sp³-hybridized carbons (Fsp3) is 0.455. The zero-order valence-electron chi connectivity index (χ0n) is 8.68. The number of hydrogen-bond acceptors (Lipinski definition) is 3. The van der Waals surface area contributed by atoms with E-state index in [1.165, 1.54) is 11.3 Å². The highest BCUT2D eigenvalue weighted by molar-refractivity contribution is 7.08. The Bertz CT molecular complexity index is 425. The molecule has 16 heavy (non-hydrogen) atoms. The van der Waals surface area contributed by atoms with Crippen molar-refractivity contribution in [2.45, 2.75) is 18.9 Å². The lowest BCUT2D eigenvalue weighted by atomic mass is 10.1. The minimum Gasteiger partial charge on any atom is -0.342 e. The van der Waals surface area contributed by atoms with Gasteiger partial charge in [0.2, 0.25) is 11.8 Å². The van der Waals surface area contributed by atoms with Crippen molar-refractivity contribution in [1.29, 1.82) is 0 Å². The van der Waals surface area contributed by atoms with Gasteiger partial charge in [0.25, 0.3) is 0 Å². The second kappa shape index (κ2) is 3.59. The molecule has 0 radical (unpaired) electrons. The monoisotopic (exact) mass is 236 g/mol. The molecule has 0 spiro atoms. The Morgan fingerprint density at radius 2 is 2.19 bits per heavy atom. The van der Waals surface area contributed by atoms with Crippen LogP contribution in [-0.2, 0) is 9.59 Å². The smallest absolute Gasteiger partial charge is 0.250 e. The van der Waals surface area contributed by atoms with E-state index < -0.39 is 0 Å². The van der Waals surface area contributed by atoms with E-state index in [4.69, 9.17) is 0 Å². The van der Waals surface area contributed by atoms with E-state index in [0.717, 1.165) is 18.5 Å². The lowest BCUT2D eigenvalue weighted by molar-refractivity contribution is -0.131. The zero-order valence-corrected chi connectivity index (χ0v) is 9.50. The largest absolute Gasteiger partial charge is 0.342 e. The molecule has 3 rings (SSSR count). The number of nitrogens with zero attached hydrogens (tertiary/aromatic N) is 1. The van der Waals surface area contributed by atoms with Crippen molar-refractivity contribution >= 4 is 28.8 Å². The Morgan fingerprint density at radius 3 is 2.81 bits per heavy atom. The van der Waals surface area contributed by atoms with Gasteiger partial charge in [-0.05, 0) is 30.2 Å². The second-order valence-electron chi connectivity index (χ2n) is 4.29. The lowest BCUT2D eigenvalue weighted by Crippen LogP contribution is -2.59. The summed E-state index contributed by atoms with van der Waals surface area (Å²) in [7, 11) is 0. The summed E-state index contributed by atoms with van der Waals surface area (Å²) in [5, 5.41) is 6.61. The number of anilines is 1. The molecule has 2 aliphatic rings. The van der Waals surface area contributed by atoms with Gasteiger partial charge in [-0.2, -0.15) is 11.3 Å². The average Bonchev–Trinajstić information content (AvgIpc) is 2.96. The molecule has 2 amide bonds. The number of carbonyl (C=O) groups is 2. The summed E-state index contributed by atoms with van der Waals surface area (Å²) in [5.41, 5.74) is 0.843. The van der Waals surface area contributed by atoms with Gasteiger partial charge in [-0.15, -0.1) is 0 Å². The zero-order chi connectivity index (χ0) is 11.1. The van der Waals surface area contributed by atoms with Crippen LogP contribution in [0.15, 0.2) is 16.8 Å². The van der Waals surface area contributed by atoms with E-state index in [1.807, 2.05) is 16.8 Å². The van der Waals surface area contributed by atoms with Gasteiger partial charge in [0, 0.05) is 5.38 Å². The number of hydrogen-bond donors (Lipinski definition) is 1. The molecule has 1 aliphatic carbocycles. The number of amides is 2. The highest BCUT2D eigenvalue weighted by Crippen LogP contribution is 2.35. The van der Waals surface area contributed by atoms with Crippen molar-refractivity contribution in [2.24, 2.45) is 5.92 Å². The third-order valence-electron chi connectivity index (χ3n) is 3.06. The highest BCUT2D eigenvalue weighted by Gasteiger charge is 2.43. The van der Waals surface area contributed by atoms with Crippen molar-refractivity contribution in [3.8, 4) is 0 Å². The fourth-order valence-electron chi connectivity index (χ4n) is 2.05. The van der Waals surface area contributed by atoms with Gasteiger partial charge in [0.1, 0.15) is 12.6 Å². The molecule has 2 fully saturated rings. The van der Waals surface area contributed by atoms with E-state index in [1.54, 1.807) is 4.90 Å². The Kier molecular flexibility index (Phi) is 2.21. The van der Waals surface area contributed by atoms with Crippen molar-refractivity contribution in [3.63, 3.8) is 0 Å². The van der Waals surface area contributed by atoms with Crippen molar-refractivity contribution in [2.75, 3.05) is 11.4 Å². The van der Waals surface area contributed by atoms with E-state index in [-0.39, 0.29) is 24.4 Å². The van der Waals surface area contributed by atoms with Crippen LogP contribution in [-0.4, -0.2) is 24.4 Å².